The zero-order valence-corrected chi connectivity index (χ0v) is 12.6. The molecule has 1 N–H and O–H groups in total. The van der Waals surface area contributed by atoms with Crippen molar-refractivity contribution >= 4 is 21.8 Å². The van der Waals surface area contributed by atoms with Crippen molar-refractivity contribution in [3.63, 3.8) is 0 Å². The van der Waals surface area contributed by atoms with Crippen molar-refractivity contribution in [1.29, 1.82) is 0 Å². The molecular formula is C13H17BrN2O3. The van der Waals surface area contributed by atoms with E-state index in [1.807, 2.05) is 12.1 Å². The van der Waals surface area contributed by atoms with Crippen molar-refractivity contribution in [2.45, 2.75) is 6.54 Å². The number of piperazine rings is 1. The highest BCUT2D eigenvalue weighted by atomic mass is 79.9. The van der Waals surface area contributed by atoms with Gasteiger partial charge in [0.25, 0.3) is 0 Å². The SMILES string of the molecule is COc1cc(CN2CCNC(=O)C2)cc(Br)c1OC. The van der Waals surface area contributed by atoms with Crippen molar-refractivity contribution in [3.05, 3.63) is 22.2 Å². The van der Waals surface area contributed by atoms with E-state index >= 15 is 0 Å². The number of carbonyl (C=O) groups is 1. The summed E-state index contributed by atoms with van der Waals surface area (Å²) in [5.74, 6) is 1.45. The molecule has 0 atom stereocenters. The van der Waals surface area contributed by atoms with Gasteiger partial charge in [-0.15, -0.1) is 0 Å². The highest BCUT2D eigenvalue weighted by molar-refractivity contribution is 9.10. The monoisotopic (exact) mass is 328 g/mol. The van der Waals surface area contributed by atoms with Crippen LogP contribution in [0.2, 0.25) is 0 Å². The Bertz CT molecular complexity index is 479. The van der Waals surface area contributed by atoms with Crippen LogP contribution < -0.4 is 14.8 Å². The summed E-state index contributed by atoms with van der Waals surface area (Å²) >= 11 is 3.47. The maximum absolute atomic E-state index is 11.3. The summed E-state index contributed by atoms with van der Waals surface area (Å²) in [6.45, 7) is 2.71. The first kappa shape index (κ1) is 14.1. The molecule has 1 saturated heterocycles. The molecule has 1 aromatic rings. The Labute approximate surface area is 121 Å². The van der Waals surface area contributed by atoms with Crippen LogP contribution in [0.4, 0.5) is 0 Å². The lowest BCUT2D eigenvalue weighted by molar-refractivity contribution is -0.124. The van der Waals surface area contributed by atoms with Gasteiger partial charge in [-0.25, -0.2) is 0 Å². The quantitative estimate of drug-likeness (QED) is 0.907. The van der Waals surface area contributed by atoms with Crippen LogP contribution in [0.1, 0.15) is 5.56 Å². The molecule has 0 saturated carbocycles. The fourth-order valence-electron chi connectivity index (χ4n) is 2.15. The van der Waals surface area contributed by atoms with Crippen LogP contribution in [0.15, 0.2) is 16.6 Å². The van der Waals surface area contributed by atoms with Gasteiger partial charge < -0.3 is 14.8 Å². The van der Waals surface area contributed by atoms with Crippen molar-refractivity contribution in [3.8, 4) is 11.5 Å². The summed E-state index contributed by atoms with van der Waals surface area (Å²) < 4.78 is 11.4. The Kier molecular flexibility index (Phi) is 4.66. The third-order valence-electron chi connectivity index (χ3n) is 3.02. The number of amides is 1. The summed E-state index contributed by atoms with van der Waals surface area (Å²) in [5.41, 5.74) is 1.08. The van der Waals surface area contributed by atoms with Crippen LogP contribution in [-0.2, 0) is 11.3 Å². The molecule has 1 aliphatic rings. The van der Waals surface area contributed by atoms with E-state index in [4.69, 9.17) is 9.47 Å². The van der Waals surface area contributed by atoms with Crippen molar-refractivity contribution < 1.29 is 14.3 Å². The summed E-state index contributed by atoms with van der Waals surface area (Å²) in [6.07, 6.45) is 0. The Morgan fingerprint density at radius 3 is 2.79 bits per heavy atom. The van der Waals surface area contributed by atoms with Crippen molar-refractivity contribution in [2.75, 3.05) is 33.9 Å². The van der Waals surface area contributed by atoms with E-state index in [-0.39, 0.29) is 5.91 Å². The van der Waals surface area contributed by atoms with Gasteiger partial charge in [0.2, 0.25) is 5.91 Å². The Morgan fingerprint density at radius 2 is 2.16 bits per heavy atom. The van der Waals surface area contributed by atoms with Gasteiger partial charge in [0, 0.05) is 19.6 Å². The second kappa shape index (κ2) is 6.25. The molecule has 0 radical (unpaired) electrons. The van der Waals surface area contributed by atoms with Crippen LogP contribution in [0.3, 0.4) is 0 Å². The average molecular weight is 329 g/mol. The molecule has 1 heterocycles. The predicted molar refractivity (Wildman–Crippen MR) is 75.5 cm³/mol. The summed E-state index contributed by atoms with van der Waals surface area (Å²) in [5, 5.41) is 2.82. The molecule has 104 valence electrons. The Balaban J connectivity index is 2.16. The number of nitrogens with zero attached hydrogens (tertiary/aromatic N) is 1. The first-order chi connectivity index (χ1) is 9.13. The Hall–Kier alpha value is -1.27. The summed E-state index contributed by atoms with van der Waals surface area (Å²) in [7, 11) is 3.22. The van der Waals surface area contributed by atoms with E-state index in [2.05, 4.69) is 26.1 Å². The van der Waals surface area contributed by atoms with Crippen LogP contribution >= 0.6 is 15.9 Å². The zero-order chi connectivity index (χ0) is 13.8. The van der Waals surface area contributed by atoms with E-state index in [1.165, 1.54) is 0 Å². The van der Waals surface area contributed by atoms with Crippen molar-refractivity contribution in [1.82, 2.24) is 10.2 Å². The first-order valence-electron chi connectivity index (χ1n) is 6.03. The number of hydrogen-bond acceptors (Lipinski definition) is 4. The summed E-state index contributed by atoms with van der Waals surface area (Å²) in [6, 6.07) is 3.93. The first-order valence-corrected chi connectivity index (χ1v) is 6.82. The average Bonchev–Trinajstić information content (AvgIpc) is 2.38. The predicted octanol–water partition coefficient (Wildman–Crippen LogP) is 1.40. The van der Waals surface area contributed by atoms with Gasteiger partial charge in [0.1, 0.15) is 0 Å². The van der Waals surface area contributed by atoms with Crippen LogP contribution in [0, 0.1) is 0 Å². The normalized spacial score (nSPS) is 16.1. The number of methoxy groups -OCH3 is 2. The maximum atomic E-state index is 11.3. The molecule has 0 bridgehead atoms. The van der Waals surface area contributed by atoms with Crippen molar-refractivity contribution in [2.24, 2.45) is 0 Å². The standard InChI is InChI=1S/C13H17BrN2O3/c1-18-11-6-9(5-10(14)13(11)19-2)7-16-4-3-15-12(17)8-16/h5-6H,3-4,7-8H2,1-2H3,(H,15,17). The fourth-order valence-corrected chi connectivity index (χ4v) is 2.80. The van der Waals surface area contributed by atoms with Gasteiger partial charge in [-0.3, -0.25) is 9.69 Å². The second-order valence-corrected chi connectivity index (χ2v) is 5.23. The minimum Gasteiger partial charge on any atom is -0.493 e. The number of nitrogens with one attached hydrogen (secondary N) is 1. The smallest absolute Gasteiger partial charge is 0.234 e. The molecule has 1 amide bonds. The molecule has 6 heteroatoms. The molecule has 0 aliphatic carbocycles. The lowest BCUT2D eigenvalue weighted by atomic mass is 10.1. The molecule has 2 rings (SSSR count). The number of rotatable bonds is 4. The molecule has 5 nitrogen and oxygen atoms in total. The largest absolute Gasteiger partial charge is 0.493 e. The lowest BCUT2D eigenvalue weighted by Gasteiger charge is -2.26. The van der Waals surface area contributed by atoms with Gasteiger partial charge in [-0.1, -0.05) is 0 Å². The van der Waals surface area contributed by atoms with E-state index < -0.39 is 0 Å². The van der Waals surface area contributed by atoms with Crippen LogP contribution in [0.25, 0.3) is 0 Å². The minimum atomic E-state index is 0.0748. The molecule has 19 heavy (non-hydrogen) atoms. The van der Waals surface area contributed by atoms with E-state index in [9.17, 15) is 4.79 Å². The van der Waals surface area contributed by atoms with Gasteiger partial charge >= 0.3 is 0 Å². The molecule has 0 spiro atoms. The van der Waals surface area contributed by atoms with Gasteiger partial charge in [0.05, 0.1) is 25.2 Å². The zero-order valence-electron chi connectivity index (χ0n) is 11.0. The highest BCUT2D eigenvalue weighted by Gasteiger charge is 2.18. The van der Waals surface area contributed by atoms with Crippen LogP contribution in [0.5, 0.6) is 11.5 Å². The maximum Gasteiger partial charge on any atom is 0.234 e. The number of benzene rings is 1. The minimum absolute atomic E-state index is 0.0748. The number of ether oxygens (including phenoxy) is 2. The molecular weight excluding hydrogens is 312 g/mol. The molecule has 1 fully saturated rings. The van der Waals surface area contributed by atoms with Crippen LogP contribution in [-0.4, -0.2) is 44.7 Å². The van der Waals surface area contributed by atoms with Gasteiger partial charge in [0.15, 0.2) is 11.5 Å². The van der Waals surface area contributed by atoms with E-state index in [1.54, 1.807) is 14.2 Å². The lowest BCUT2D eigenvalue weighted by Crippen LogP contribution is -2.47. The highest BCUT2D eigenvalue weighted by Crippen LogP contribution is 2.36. The third-order valence-corrected chi connectivity index (χ3v) is 3.61. The molecule has 1 aliphatic heterocycles. The summed E-state index contributed by atoms with van der Waals surface area (Å²) in [4.78, 5) is 13.5. The molecule has 0 unspecified atom stereocenters. The molecule has 1 aromatic carbocycles. The fraction of sp³-hybridized carbons (Fsp3) is 0.462. The topological polar surface area (TPSA) is 50.8 Å². The number of halogens is 1. The van der Waals surface area contributed by atoms with E-state index in [0.717, 1.165) is 16.6 Å². The van der Waals surface area contributed by atoms with Gasteiger partial charge in [-0.05, 0) is 33.6 Å². The number of hydrogen-bond donors (Lipinski definition) is 1. The second-order valence-electron chi connectivity index (χ2n) is 4.37. The number of carbonyl (C=O) groups excluding carboxylic acids is 1. The Morgan fingerprint density at radius 1 is 1.37 bits per heavy atom. The van der Waals surface area contributed by atoms with Gasteiger partial charge in [-0.2, -0.15) is 0 Å². The molecule has 0 aromatic heterocycles. The van der Waals surface area contributed by atoms with E-state index in [0.29, 0.717) is 31.1 Å². The third kappa shape index (κ3) is 3.39.